The van der Waals surface area contributed by atoms with Gasteiger partial charge in [-0.1, -0.05) is 45.4 Å². The molecule has 3 aliphatic heterocycles. The summed E-state index contributed by atoms with van der Waals surface area (Å²) in [5.41, 5.74) is 3.94. The molecule has 2 aromatic carbocycles. The number of aromatic nitrogens is 6. The van der Waals surface area contributed by atoms with Gasteiger partial charge in [-0.15, -0.1) is 0 Å². The average molecular weight is 889 g/mol. The normalized spacial score (nSPS) is 21.8. The number of carbonyl (C=O) groups is 2. The Morgan fingerprint density at radius 1 is 0.953 bits per heavy atom. The van der Waals surface area contributed by atoms with Gasteiger partial charge >= 0.3 is 0 Å². The third-order valence-corrected chi connectivity index (χ3v) is 14.2. The number of nitrogens with one attached hydrogen (secondary N) is 2. The van der Waals surface area contributed by atoms with Gasteiger partial charge in [-0.25, -0.2) is 14.4 Å². The van der Waals surface area contributed by atoms with Crippen molar-refractivity contribution in [2.45, 2.75) is 91.1 Å². The number of likely N-dealkylation sites (tertiary alicyclic amines) is 1. The van der Waals surface area contributed by atoms with Crippen molar-refractivity contribution in [1.29, 1.82) is 5.26 Å². The third kappa shape index (κ3) is 8.04. The highest BCUT2D eigenvalue weighted by Gasteiger charge is 2.64. The number of carbonyl (C=O) groups excluding carboxylic acids is 2. The molecular weight excluding hydrogens is 835 g/mol. The van der Waals surface area contributed by atoms with Crippen molar-refractivity contribution in [3.8, 4) is 22.9 Å². The Morgan fingerprint density at radius 3 is 2.34 bits per heavy atom. The van der Waals surface area contributed by atoms with Crippen molar-refractivity contribution < 1.29 is 18.7 Å². The van der Waals surface area contributed by atoms with Crippen LogP contribution in [0.4, 0.5) is 21.8 Å². The highest BCUT2D eigenvalue weighted by atomic mass is 35.5. The molecule has 1 saturated carbocycles. The van der Waals surface area contributed by atoms with Crippen LogP contribution in [0.15, 0.2) is 61.2 Å². The van der Waals surface area contributed by atoms with Crippen LogP contribution in [0.3, 0.4) is 0 Å². The minimum absolute atomic E-state index is 0.00776. The second-order valence-electron chi connectivity index (χ2n) is 18.9. The van der Waals surface area contributed by atoms with Crippen molar-refractivity contribution >= 4 is 40.9 Å². The number of benzene rings is 2. The summed E-state index contributed by atoms with van der Waals surface area (Å²) in [6, 6.07) is 12.6. The maximum atomic E-state index is 15.6. The minimum Gasteiger partial charge on any atom is -0.489 e. The molecule has 5 aromatic rings. The first-order valence-electron chi connectivity index (χ1n) is 22.0. The van der Waals surface area contributed by atoms with Crippen molar-refractivity contribution in [3.63, 3.8) is 0 Å². The van der Waals surface area contributed by atoms with Gasteiger partial charge in [-0.2, -0.15) is 15.5 Å². The van der Waals surface area contributed by atoms with Crippen LogP contribution in [0.5, 0.6) is 5.75 Å². The van der Waals surface area contributed by atoms with E-state index in [2.05, 4.69) is 73.9 Å². The minimum atomic E-state index is -0.397. The molecule has 1 atom stereocenters. The van der Waals surface area contributed by atoms with E-state index in [0.717, 1.165) is 67.8 Å². The van der Waals surface area contributed by atoms with Crippen molar-refractivity contribution in [3.05, 3.63) is 94.4 Å². The maximum Gasteiger partial charge on any atom is 0.254 e. The Kier molecular flexibility index (Phi) is 11.4. The summed E-state index contributed by atoms with van der Waals surface area (Å²) in [6.07, 6.45) is 10.1. The number of ether oxygens (including phenoxy) is 1. The van der Waals surface area contributed by atoms with Gasteiger partial charge < -0.3 is 25.2 Å². The fraction of sp³-hybridized carbons (Fsp3) is 0.468. The second-order valence-corrected chi connectivity index (χ2v) is 19.3. The molecule has 0 radical (unpaired) electrons. The van der Waals surface area contributed by atoms with Gasteiger partial charge in [0.2, 0.25) is 11.9 Å². The Labute approximate surface area is 377 Å². The van der Waals surface area contributed by atoms with Crippen molar-refractivity contribution in [2.24, 2.45) is 17.9 Å². The van der Waals surface area contributed by atoms with Gasteiger partial charge in [-0.3, -0.25) is 23.9 Å². The topological polar surface area (TPSA) is 162 Å². The number of aryl methyl sites for hydroxylation is 1. The highest BCUT2D eigenvalue weighted by molar-refractivity contribution is 6.31. The summed E-state index contributed by atoms with van der Waals surface area (Å²) in [5.74, 6) is 1.16. The van der Waals surface area contributed by atoms with E-state index in [4.69, 9.17) is 21.4 Å². The molecule has 3 fully saturated rings. The lowest BCUT2D eigenvalue weighted by Crippen LogP contribution is -2.74. The van der Waals surface area contributed by atoms with Gasteiger partial charge in [-0.05, 0) is 49.1 Å². The predicted octanol–water partition coefficient (Wildman–Crippen LogP) is 6.91. The zero-order chi connectivity index (χ0) is 45.1. The first-order chi connectivity index (χ1) is 30.6. The van der Waals surface area contributed by atoms with Crippen molar-refractivity contribution in [1.82, 2.24) is 44.6 Å². The SMILES string of the molecule is CC(=O)N1CCc2c(c(Nc3ccc(-c4cnn(C)c4)cc3F)nn2C2CCN(C3CCN(c4ncc(C(=O)NC5C(C)(C)C(Oc6ccc(C#N)c(Cl)c6)C5(C)C)cn4)CC3)C2)C1. The summed E-state index contributed by atoms with van der Waals surface area (Å²) < 4.78 is 25.8. The molecule has 9 rings (SSSR count). The molecule has 1 aliphatic carbocycles. The van der Waals surface area contributed by atoms with Gasteiger partial charge in [0.05, 0.1) is 40.6 Å². The Balaban J connectivity index is 0.805. The number of amides is 2. The molecule has 3 aromatic heterocycles. The lowest BCUT2D eigenvalue weighted by atomic mass is 9.49. The molecule has 4 aliphatic rings. The van der Waals surface area contributed by atoms with Crippen molar-refractivity contribution in [2.75, 3.05) is 42.9 Å². The molecular formula is C47H54ClFN12O3. The van der Waals surface area contributed by atoms with Crippen LogP contribution in [0, 0.1) is 28.0 Å². The number of nitrogens with zero attached hydrogens (tertiary/aromatic N) is 10. The quantitative estimate of drug-likeness (QED) is 0.150. The third-order valence-electron chi connectivity index (χ3n) is 13.9. The molecule has 6 heterocycles. The molecule has 2 amide bonds. The molecule has 2 saturated heterocycles. The summed E-state index contributed by atoms with van der Waals surface area (Å²) in [7, 11) is 1.83. The van der Waals surface area contributed by atoms with Crippen LogP contribution in [-0.2, 0) is 24.8 Å². The standard InChI is InChI=1S/C47H54ClFN12O3/c1-28(62)59-18-14-40-36(27-59)41(54-39-10-8-29(19-38(39)49)32-24-53-57(6)25-32)56-61(40)34-13-17-60(26-34)33-11-15-58(16-12-33)45-51-22-31(23-52-45)42(63)55-43-46(2,3)44(47(43,4)5)64-35-9-7-30(21-50)37(48)20-35/h7-10,19-20,22-25,33-34,43-44H,11-18,26-27H2,1-6H3,(H,54,56)(H,55,63). The Hall–Kier alpha value is -6.05. The molecule has 1 unspecified atom stereocenters. The van der Waals surface area contributed by atoms with E-state index in [-0.39, 0.29) is 35.8 Å². The summed E-state index contributed by atoms with van der Waals surface area (Å²) in [6.45, 7) is 14.3. The van der Waals surface area contributed by atoms with E-state index in [1.165, 1.54) is 6.07 Å². The number of fused-ring (bicyclic) bond motifs is 1. The number of piperidine rings is 1. The monoisotopic (exact) mass is 888 g/mol. The van der Waals surface area contributed by atoms with Crippen LogP contribution < -0.4 is 20.3 Å². The summed E-state index contributed by atoms with van der Waals surface area (Å²) >= 11 is 6.27. The fourth-order valence-electron chi connectivity index (χ4n) is 10.8. The van der Waals surface area contributed by atoms with Gasteiger partial charge in [0.15, 0.2) is 5.82 Å². The van der Waals surface area contributed by atoms with E-state index < -0.39 is 10.8 Å². The second kappa shape index (κ2) is 16.8. The van der Waals surface area contributed by atoms with Gasteiger partial charge in [0.25, 0.3) is 5.91 Å². The molecule has 0 spiro atoms. The highest BCUT2D eigenvalue weighted by Crippen LogP contribution is 2.55. The summed E-state index contributed by atoms with van der Waals surface area (Å²) in [4.78, 5) is 41.9. The molecule has 334 valence electrons. The molecule has 0 bridgehead atoms. The Morgan fingerprint density at radius 2 is 1.69 bits per heavy atom. The first kappa shape index (κ1) is 43.2. The number of hydrogen-bond acceptors (Lipinski definition) is 11. The lowest BCUT2D eigenvalue weighted by molar-refractivity contribution is -0.164. The predicted molar refractivity (Wildman–Crippen MR) is 241 cm³/mol. The summed E-state index contributed by atoms with van der Waals surface area (Å²) in [5, 5.41) is 25.4. The number of anilines is 3. The fourth-order valence-corrected chi connectivity index (χ4v) is 11.0. The van der Waals surface area contributed by atoms with Crippen LogP contribution in [-0.4, -0.2) is 102 Å². The molecule has 15 nitrogen and oxygen atoms in total. The number of nitriles is 1. The molecule has 17 heteroatoms. The van der Waals surface area contributed by atoms with E-state index in [0.29, 0.717) is 64.9 Å². The zero-order valence-corrected chi connectivity index (χ0v) is 37.9. The van der Waals surface area contributed by atoms with Gasteiger partial charge in [0.1, 0.15) is 23.7 Å². The lowest BCUT2D eigenvalue weighted by Gasteiger charge is -2.63. The van der Waals surface area contributed by atoms with Crippen LogP contribution in [0.1, 0.15) is 87.1 Å². The number of hydrogen-bond donors (Lipinski definition) is 2. The smallest absolute Gasteiger partial charge is 0.254 e. The number of halogens is 2. The molecule has 2 N–H and O–H groups in total. The van der Waals surface area contributed by atoms with E-state index in [1.807, 2.05) is 24.2 Å². The largest absolute Gasteiger partial charge is 0.489 e. The van der Waals surface area contributed by atoms with E-state index >= 15 is 4.39 Å². The van der Waals surface area contributed by atoms with E-state index in [1.54, 1.807) is 54.5 Å². The van der Waals surface area contributed by atoms with Crippen LogP contribution in [0.2, 0.25) is 5.02 Å². The molecule has 64 heavy (non-hydrogen) atoms. The maximum absolute atomic E-state index is 15.6. The number of rotatable bonds is 10. The first-order valence-corrected chi connectivity index (χ1v) is 22.4. The van der Waals surface area contributed by atoms with Crippen LogP contribution >= 0.6 is 11.6 Å². The zero-order valence-electron chi connectivity index (χ0n) is 37.1. The Bertz CT molecular complexity index is 2610. The van der Waals surface area contributed by atoms with E-state index in [9.17, 15) is 14.9 Å². The average Bonchev–Trinajstić information content (AvgIpc) is 4.04. The van der Waals surface area contributed by atoms with Gasteiger partial charge in [0, 0.05) is 118 Å². The van der Waals surface area contributed by atoms with Crippen LogP contribution in [0.25, 0.3) is 11.1 Å².